The van der Waals surface area contributed by atoms with Crippen LogP contribution in [-0.2, 0) is 9.84 Å². The quantitative estimate of drug-likeness (QED) is 0.596. The van der Waals surface area contributed by atoms with E-state index >= 15 is 0 Å². The second-order valence-corrected chi connectivity index (χ2v) is 7.83. The normalized spacial score (nSPS) is 11.2. The molecule has 0 amide bonds. The van der Waals surface area contributed by atoms with Crippen LogP contribution >= 0.6 is 15.9 Å². The van der Waals surface area contributed by atoms with Gasteiger partial charge >= 0.3 is 0 Å². The van der Waals surface area contributed by atoms with Crippen LogP contribution in [0.5, 0.6) is 11.5 Å². The molecule has 0 atom stereocenters. The van der Waals surface area contributed by atoms with Gasteiger partial charge in [0.2, 0.25) is 9.84 Å². The van der Waals surface area contributed by atoms with Gasteiger partial charge in [0, 0.05) is 4.47 Å². The number of sulfone groups is 1. The van der Waals surface area contributed by atoms with E-state index in [1.807, 2.05) is 6.07 Å². The molecule has 122 valence electrons. The van der Waals surface area contributed by atoms with E-state index < -0.39 is 15.7 Å². The number of benzene rings is 3. The van der Waals surface area contributed by atoms with Crippen LogP contribution in [0.4, 0.5) is 4.39 Å². The summed E-state index contributed by atoms with van der Waals surface area (Å²) >= 11 is 3.30. The molecule has 3 aromatic rings. The van der Waals surface area contributed by atoms with Crippen LogP contribution in [-0.4, -0.2) is 8.42 Å². The van der Waals surface area contributed by atoms with Crippen molar-refractivity contribution in [1.82, 2.24) is 0 Å². The zero-order valence-electron chi connectivity index (χ0n) is 12.3. The molecule has 3 rings (SSSR count). The minimum Gasteiger partial charge on any atom is -0.454 e. The average molecular weight is 407 g/mol. The van der Waals surface area contributed by atoms with Crippen molar-refractivity contribution in [3.05, 3.63) is 83.1 Å². The molecule has 3 aromatic carbocycles. The fourth-order valence-corrected chi connectivity index (χ4v) is 3.80. The van der Waals surface area contributed by atoms with Crippen LogP contribution in [0.3, 0.4) is 0 Å². The summed E-state index contributed by atoms with van der Waals surface area (Å²) in [6, 6.07) is 18.5. The molecule has 0 unspecified atom stereocenters. The predicted molar refractivity (Wildman–Crippen MR) is 92.5 cm³/mol. The summed E-state index contributed by atoms with van der Waals surface area (Å²) in [5.74, 6) is -0.339. The van der Waals surface area contributed by atoms with Crippen LogP contribution in [0.1, 0.15) is 0 Å². The maximum absolute atomic E-state index is 14.3. The molecule has 0 saturated heterocycles. The second kappa shape index (κ2) is 6.75. The second-order valence-electron chi connectivity index (χ2n) is 4.97. The van der Waals surface area contributed by atoms with E-state index in [0.717, 1.165) is 10.5 Å². The van der Waals surface area contributed by atoms with Gasteiger partial charge in [0.25, 0.3) is 0 Å². The highest BCUT2D eigenvalue weighted by Gasteiger charge is 2.19. The number of halogens is 2. The molecule has 0 saturated carbocycles. The Labute approximate surface area is 147 Å². The van der Waals surface area contributed by atoms with E-state index in [0.29, 0.717) is 5.75 Å². The van der Waals surface area contributed by atoms with Gasteiger partial charge in [0.15, 0.2) is 11.6 Å². The molecule has 0 aliphatic rings. The molecule has 0 aromatic heterocycles. The third-order valence-corrected chi connectivity index (χ3v) is 5.55. The van der Waals surface area contributed by atoms with E-state index in [2.05, 4.69) is 15.9 Å². The first kappa shape index (κ1) is 16.7. The van der Waals surface area contributed by atoms with Crippen molar-refractivity contribution >= 4 is 25.8 Å². The largest absolute Gasteiger partial charge is 0.454 e. The number of rotatable bonds is 4. The molecular formula is C18H12BrFO3S. The van der Waals surface area contributed by atoms with Crippen LogP contribution in [0.25, 0.3) is 0 Å². The lowest BCUT2D eigenvalue weighted by Crippen LogP contribution is -2.02. The van der Waals surface area contributed by atoms with Crippen molar-refractivity contribution in [3.8, 4) is 11.5 Å². The number of ether oxygens (including phenoxy) is 1. The average Bonchev–Trinajstić information content (AvgIpc) is 2.57. The van der Waals surface area contributed by atoms with Gasteiger partial charge in [0.05, 0.1) is 9.79 Å². The molecule has 24 heavy (non-hydrogen) atoms. The van der Waals surface area contributed by atoms with Crippen molar-refractivity contribution in [3.63, 3.8) is 0 Å². The monoisotopic (exact) mass is 406 g/mol. The summed E-state index contributed by atoms with van der Waals surface area (Å²) in [5, 5.41) is 0. The zero-order valence-corrected chi connectivity index (χ0v) is 14.7. The molecular weight excluding hydrogens is 395 g/mol. The van der Waals surface area contributed by atoms with Crippen LogP contribution in [0.2, 0.25) is 0 Å². The van der Waals surface area contributed by atoms with Crippen molar-refractivity contribution in [2.45, 2.75) is 9.79 Å². The molecule has 0 spiro atoms. The number of hydrogen-bond donors (Lipinski definition) is 0. The van der Waals surface area contributed by atoms with Crippen molar-refractivity contribution < 1.29 is 17.5 Å². The number of hydrogen-bond acceptors (Lipinski definition) is 3. The van der Waals surface area contributed by atoms with Crippen molar-refractivity contribution in [1.29, 1.82) is 0 Å². The summed E-state index contributed by atoms with van der Waals surface area (Å²) < 4.78 is 45.5. The Bertz CT molecular complexity index is 973. The Morgan fingerprint density at radius 3 is 2.25 bits per heavy atom. The Balaban J connectivity index is 1.93. The maximum atomic E-state index is 14.3. The third kappa shape index (κ3) is 3.49. The molecule has 0 heterocycles. The fraction of sp³-hybridized carbons (Fsp3) is 0. The Morgan fingerprint density at radius 1 is 0.833 bits per heavy atom. The van der Waals surface area contributed by atoms with Gasteiger partial charge in [-0.05, 0) is 48.5 Å². The lowest BCUT2D eigenvalue weighted by molar-refractivity contribution is 0.440. The van der Waals surface area contributed by atoms with Crippen LogP contribution in [0.15, 0.2) is 87.1 Å². The van der Waals surface area contributed by atoms with E-state index in [9.17, 15) is 12.8 Å². The highest BCUT2D eigenvalue weighted by Crippen LogP contribution is 2.29. The maximum Gasteiger partial charge on any atom is 0.206 e. The summed E-state index contributed by atoms with van der Waals surface area (Å²) in [6.45, 7) is 0. The standard InChI is InChI=1S/C18H12BrFO3S/c19-13-5-4-6-14(11-13)23-18-10-9-16(12-17(18)20)24(21,22)15-7-2-1-3-8-15/h1-12H. The topological polar surface area (TPSA) is 43.4 Å². The highest BCUT2D eigenvalue weighted by molar-refractivity contribution is 9.10. The first-order valence-corrected chi connectivity index (χ1v) is 9.27. The van der Waals surface area contributed by atoms with E-state index in [1.165, 1.54) is 24.3 Å². The zero-order chi connectivity index (χ0) is 17.2. The highest BCUT2D eigenvalue weighted by atomic mass is 79.9. The Morgan fingerprint density at radius 2 is 1.58 bits per heavy atom. The molecule has 6 heteroatoms. The van der Waals surface area contributed by atoms with Gasteiger partial charge in [-0.25, -0.2) is 12.8 Å². The molecule has 0 bridgehead atoms. The molecule has 3 nitrogen and oxygen atoms in total. The summed E-state index contributed by atoms with van der Waals surface area (Å²) in [6.07, 6.45) is 0. The summed E-state index contributed by atoms with van der Waals surface area (Å²) in [4.78, 5) is -0.00199. The minimum atomic E-state index is -3.76. The van der Waals surface area contributed by atoms with Gasteiger partial charge in [-0.3, -0.25) is 0 Å². The van der Waals surface area contributed by atoms with Gasteiger partial charge in [-0.2, -0.15) is 0 Å². The Kier molecular flexibility index (Phi) is 4.69. The van der Waals surface area contributed by atoms with Gasteiger partial charge < -0.3 is 4.74 Å². The summed E-state index contributed by atoms with van der Waals surface area (Å²) in [5.41, 5.74) is 0. The van der Waals surface area contributed by atoms with Crippen LogP contribution in [0, 0.1) is 5.82 Å². The van der Waals surface area contributed by atoms with Crippen molar-refractivity contribution in [2.75, 3.05) is 0 Å². The summed E-state index contributed by atoms with van der Waals surface area (Å²) in [7, 11) is -3.76. The lowest BCUT2D eigenvalue weighted by Gasteiger charge is -2.09. The van der Waals surface area contributed by atoms with Gasteiger partial charge in [-0.1, -0.05) is 40.2 Å². The fourth-order valence-electron chi connectivity index (χ4n) is 2.12. The Hall–Kier alpha value is -2.18. The molecule has 0 N–H and O–H groups in total. The molecule has 0 fully saturated rings. The van der Waals surface area contributed by atoms with Crippen LogP contribution < -0.4 is 4.74 Å². The van der Waals surface area contributed by atoms with E-state index in [4.69, 9.17) is 4.74 Å². The SMILES string of the molecule is O=S(=O)(c1ccccc1)c1ccc(Oc2cccc(Br)c2)c(F)c1. The van der Waals surface area contributed by atoms with E-state index in [-0.39, 0.29) is 15.5 Å². The third-order valence-electron chi connectivity index (χ3n) is 3.29. The molecule has 0 aliphatic heterocycles. The first-order chi connectivity index (χ1) is 11.5. The van der Waals surface area contributed by atoms with Gasteiger partial charge in [0.1, 0.15) is 5.75 Å². The molecule has 0 aliphatic carbocycles. The molecule has 0 radical (unpaired) electrons. The van der Waals surface area contributed by atoms with E-state index in [1.54, 1.807) is 36.4 Å². The first-order valence-electron chi connectivity index (χ1n) is 7.00. The van der Waals surface area contributed by atoms with Gasteiger partial charge in [-0.15, -0.1) is 0 Å². The predicted octanol–water partition coefficient (Wildman–Crippen LogP) is 5.21. The lowest BCUT2D eigenvalue weighted by atomic mass is 10.3. The van der Waals surface area contributed by atoms with Crippen molar-refractivity contribution in [2.24, 2.45) is 0 Å². The minimum absolute atomic E-state index is 0.0416. The smallest absolute Gasteiger partial charge is 0.206 e.